The molecule has 0 unspecified atom stereocenters. The summed E-state index contributed by atoms with van der Waals surface area (Å²) in [4.78, 5) is 14.9. The molecule has 2 aromatic rings. The minimum atomic E-state index is 0.190. The van der Waals surface area contributed by atoms with E-state index in [9.17, 15) is 4.79 Å². The molecular formula is C16H19NOS. The Bertz CT molecular complexity index is 638. The summed E-state index contributed by atoms with van der Waals surface area (Å²) in [7, 11) is 0. The molecular weight excluding hydrogens is 254 g/mol. The third-order valence-corrected chi connectivity index (χ3v) is 4.82. The van der Waals surface area contributed by atoms with Gasteiger partial charge in [-0.1, -0.05) is 26.0 Å². The van der Waals surface area contributed by atoms with Crippen molar-refractivity contribution in [3.63, 3.8) is 0 Å². The van der Waals surface area contributed by atoms with Crippen LogP contribution in [0.3, 0.4) is 0 Å². The Balaban J connectivity index is 2.05. The van der Waals surface area contributed by atoms with Crippen LogP contribution >= 0.6 is 11.3 Å². The molecule has 0 amide bonds. The second-order valence-electron chi connectivity index (χ2n) is 5.80. The molecule has 2 atom stereocenters. The Morgan fingerprint density at radius 3 is 2.58 bits per heavy atom. The zero-order valence-electron chi connectivity index (χ0n) is 11.4. The minimum absolute atomic E-state index is 0.190. The van der Waals surface area contributed by atoms with E-state index in [0.717, 1.165) is 28.9 Å². The molecule has 0 spiro atoms. The first-order chi connectivity index (χ1) is 9.15. The second kappa shape index (κ2) is 4.97. The first-order valence-electron chi connectivity index (χ1n) is 6.90. The number of rotatable bonds is 1. The summed E-state index contributed by atoms with van der Waals surface area (Å²) >= 11 is 1.67. The van der Waals surface area contributed by atoms with Crippen LogP contribution in [0.4, 0.5) is 5.69 Å². The van der Waals surface area contributed by atoms with Crippen LogP contribution in [0.1, 0.15) is 20.3 Å². The maximum atomic E-state index is 12.6. The molecule has 1 aliphatic rings. The normalized spacial score (nSPS) is 23.8. The van der Waals surface area contributed by atoms with Gasteiger partial charge in [-0.2, -0.15) is 0 Å². The summed E-state index contributed by atoms with van der Waals surface area (Å²) in [6.07, 6.45) is 1.27. The van der Waals surface area contributed by atoms with Gasteiger partial charge in [0.05, 0.1) is 5.69 Å². The Labute approximate surface area is 117 Å². The van der Waals surface area contributed by atoms with Crippen LogP contribution in [0.2, 0.25) is 0 Å². The first kappa shape index (κ1) is 12.7. The van der Waals surface area contributed by atoms with Gasteiger partial charge in [-0.25, -0.2) is 0 Å². The largest absolute Gasteiger partial charge is 0.367 e. The molecule has 1 fully saturated rings. The average Bonchev–Trinajstić information content (AvgIpc) is 2.38. The van der Waals surface area contributed by atoms with Crippen LogP contribution < -0.4 is 10.3 Å². The standard InChI is InChI=1S/C16H19NOS/c1-11-7-12(2)9-17(8-11)14-10-19-15-6-4-3-5-13(15)16(14)18/h3-6,10-12H,7-9H2,1-2H3/t11-,12-/m0/s1. The number of anilines is 1. The van der Waals surface area contributed by atoms with E-state index < -0.39 is 0 Å². The van der Waals surface area contributed by atoms with Crippen LogP contribution in [-0.2, 0) is 0 Å². The van der Waals surface area contributed by atoms with Gasteiger partial charge in [0.1, 0.15) is 0 Å². The molecule has 0 bridgehead atoms. The summed E-state index contributed by atoms with van der Waals surface area (Å²) in [5.41, 5.74) is 1.08. The molecule has 1 aromatic carbocycles. The van der Waals surface area contributed by atoms with Crippen molar-refractivity contribution in [2.75, 3.05) is 18.0 Å². The van der Waals surface area contributed by atoms with Crippen molar-refractivity contribution < 1.29 is 0 Å². The second-order valence-corrected chi connectivity index (χ2v) is 6.71. The van der Waals surface area contributed by atoms with Gasteiger partial charge in [-0.3, -0.25) is 4.79 Å². The maximum absolute atomic E-state index is 12.6. The summed E-state index contributed by atoms with van der Waals surface area (Å²) in [5.74, 6) is 1.33. The predicted octanol–water partition coefficient (Wildman–Crippen LogP) is 3.74. The van der Waals surface area contributed by atoms with Gasteiger partial charge in [0.15, 0.2) is 0 Å². The van der Waals surface area contributed by atoms with Crippen LogP contribution in [0, 0.1) is 11.8 Å². The number of nitrogens with zero attached hydrogens (tertiary/aromatic N) is 1. The van der Waals surface area contributed by atoms with E-state index in [1.54, 1.807) is 11.3 Å². The SMILES string of the molecule is C[C@H]1C[C@H](C)CN(c2csc3ccccc3c2=O)C1. The number of benzene rings is 1. The van der Waals surface area contributed by atoms with E-state index in [1.165, 1.54) is 6.42 Å². The summed E-state index contributed by atoms with van der Waals surface area (Å²) in [5, 5.41) is 2.89. The molecule has 100 valence electrons. The highest BCUT2D eigenvalue weighted by molar-refractivity contribution is 7.16. The fourth-order valence-corrected chi connectivity index (χ4v) is 4.09. The molecule has 2 heterocycles. The fourth-order valence-electron chi connectivity index (χ4n) is 3.15. The number of piperidine rings is 1. The van der Waals surface area contributed by atoms with Crippen molar-refractivity contribution in [2.24, 2.45) is 11.8 Å². The van der Waals surface area contributed by atoms with Crippen LogP contribution in [0.15, 0.2) is 34.4 Å². The molecule has 1 aliphatic heterocycles. The highest BCUT2D eigenvalue weighted by Crippen LogP contribution is 2.27. The van der Waals surface area contributed by atoms with Crippen molar-refractivity contribution in [1.29, 1.82) is 0 Å². The topological polar surface area (TPSA) is 20.3 Å². The van der Waals surface area contributed by atoms with Gasteiger partial charge in [0.25, 0.3) is 0 Å². The number of fused-ring (bicyclic) bond motifs is 1. The minimum Gasteiger partial charge on any atom is -0.367 e. The molecule has 1 saturated heterocycles. The smallest absolute Gasteiger partial charge is 0.211 e. The van der Waals surface area contributed by atoms with Crippen LogP contribution in [0.25, 0.3) is 10.1 Å². The summed E-state index contributed by atoms with van der Waals surface area (Å²) in [6.45, 7) is 6.56. The molecule has 0 aliphatic carbocycles. The van der Waals surface area contributed by atoms with E-state index in [2.05, 4.69) is 18.7 Å². The van der Waals surface area contributed by atoms with Crippen molar-refractivity contribution >= 4 is 27.1 Å². The van der Waals surface area contributed by atoms with E-state index in [4.69, 9.17) is 0 Å². The molecule has 0 N–H and O–H groups in total. The fraction of sp³-hybridized carbons (Fsp3) is 0.438. The predicted molar refractivity (Wildman–Crippen MR) is 83.3 cm³/mol. The Morgan fingerprint density at radius 2 is 1.84 bits per heavy atom. The molecule has 3 heteroatoms. The molecule has 19 heavy (non-hydrogen) atoms. The lowest BCUT2D eigenvalue weighted by Crippen LogP contribution is -2.40. The van der Waals surface area contributed by atoms with E-state index in [0.29, 0.717) is 11.8 Å². The average molecular weight is 273 g/mol. The third-order valence-electron chi connectivity index (χ3n) is 3.87. The quantitative estimate of drug-likeness (QED) is 0.789. The molecule has 0 radical (unpaired) electrons. The number of hydrogen-bond acceptors (Lipinski definition) is 3. The first-order valence-corrected chi connectivity index (χ1v) is 7.78. The van der Waals surface area contributed by atoms with Crippen LogP contribution in [0.5, 0.6) is 0 Å². The van der Waals surface area contributed by atoms with E-state index in [1.807, 2.05) is 29.6 Å². The Hall–Kier alpha value is -1.35. The van der Waals surface area contributed by atoms with Crippen molar-refractivity contribution in [3.05, 3.63) is 39.9 Å². The van der Waals surface area contributed by atoms with Gasteiger partial charge in [0.2, 0.25) is 5.43 Å². The van der Waals surface area contributed by atoms with Gasteiger partial charge in [0, 0.05) is 28.6 Å². The van der Waals surface area contributed by atoms with Crippen LogP contribution in [-0.4, -0.2) is 13.1 Å². The van der Waals surface area contributed by atoms with Gasteiger partial charge >= 0.3 is 0 Å². The monoisotopic (exact) mass is 273 g/mol. The van der Waals surface area contributed by atoms with Gasteiger partial charge < -0.3 is 4.90 Å². The zero-order chi connectivity index (χ0) is 13.4. The van der Waals surface area contributed by atoms with Gasteiger partial charge in [-0.05, 0) is 30.4 Å². The molecule has 0 saturated carbocycles. The van der Waals surface area contributed by atoms with Crippen molar-refractivity contribution in [3.8, 4) is 0 Å². The lowest BCUT2D eigenvalue weighted by Gasteiger charge is -2.36. The third kappa shape index (κ3) is 2.39. The maximum Gasteiger partial charge on any atom is 0.211 e. The Kier molecular flexibility index (Phi) is 3.31. The van der Waals surface area contributed by atoms with E-state index >= 15 is 0 Å². The van der Waals surface area contributed by atoms with E-state index in [-0.39, 0.29) is 5.43 Å². The Morgan fingerprint density at radius 1 is 1.16 bits per heavy atom. The highest BCUT2D eigenvalue weighted by atomic mass is 32.1. The molecule has 3 rings (SSSR count). The zero-order valence-corrected chi connectivity index (χ0v) is 12.2. The van der Waals surface area contributed by atoms with Crippen molar-refractivity contribution in [2.45, 2.75) is 20.3 Å². The van der Waals surface area contributed by atoms with Gasteiger partial charge in [-0.15, -0.1) is 11.3 Å². The summed E-state index contributed by atoms with van der Waals surface area (Å²) in [6, 6.07) is 7.89. The molecule has 1 aromatic heterocycles. The lowest BCUT2D eigenvalue weighted by atomic mass is 9.91. The lowest BCUT2D eigenvalue weighted by molar-refractivity contribution is 0.356. The number of hydrogen-bond donors (Lipinski definition) is 0. The van der Waals surface area contributed by atoms with Crippen molar-refractivity contribution in [1.82, 2.24) is 0 Å². The highest BCUT2D eigenvalue weighted by Gasteiger charge is 2.23. The summed E-state index contributed by atoms with van der Waals surface area (Å²) < 4.78 is 1.08. The molecule has 2 nitrogen and oxygen atoms in total.